The molecule has 2 rings (SSSR count). The van der Waals surface area contributed by atoms with Gasteiger partial charge in [0.1, 0.15) is 0 Å². The summed E-state index contributed by atoms with van der Waals surface area (Å²) in [7, 11) is -1.34. The topological polar surface area (TPSA) is 66.5 Å². The average molecular weight is 400 g/mol. The zero-order chi connectivity index (χ0) is 20.5. The minimum absolute atomic E-state index is 0.190. The standard InChI is InChI=1S/C24H37NO2Si/c1-3-28(2,23-10-5-4-6-11-23)18-8-7-9-21-12-14-22(15-13-21)16-17-24(25,19-26)20-27/h4-6,10-15,26-27H,3,7-9,16-20,25H2,1-2H3. The molecule has 0 aliphatic heterocycles. The zero-order valence-electron chi connectivity index (χ0n) is 17.5. The van der Waals surface area contributed by atoms with Crippen molar-refractivity contribution in [3.63, 3.8) is 0 Å². The van der Waals surface area contributed by atoms with Gasteiger partial charge in [-0.2, -0.15) is 0 Å². The number of unbranched alkanes of at least 4 members (excludes halogenated alkanes) is 1. The molecule has 0 bridgehead atoms. The van der Waals surface area contributed by atoms with Crippen molar-refractivity contribution in [2.75, 3.05) is 13.2 Å². The average Bonchev–Trinajstić information content (AvgIpc) is 2.76. The van der Waals surface area contributed by atoms with Crippen molar-refractivity contribution in [3.05, 3.63) is 65.7 Å². The summed E-state index contributed by atoms with van der Waals surface area (Å²) in [5.41, 5.74) is 7.65. The maximum atomic E-state index is 9.29. The normalized spacial score (nSPS) is 14.0. The summed E-state index contributed by atoms with van der Waals surface area (Å²) in [5.74, 6) is 0. The number of hydrogen-bond donors (Lipinski definition) is 3. The smallest absolute Gasteiger partial charge is 0.0834 e. The largest absolute Gasteiger partial charge is 0.394 e. The first-order valence-electron chi connectivity index (χ1n) is 10.6. The van der Waals surface area contributed by atoms with Gasteiger partial charge >= 0.3 is 0 Å². The van der Waals surface area contributed by atoms with Crippen molar-refractivity contribution in [1.29, 1.82) is 0 Å². The van der Waals surface area contributed by atoms with Crippen LogP contribution in [0.2, 0.25) is 18.6 Å². The van der Waals surface area contributed by atoms with E-state index in [1.54, 1.807) is 5.19 Å². The Balaban J connectivity index is 1.79. The van der Waals surface area contributed by atoms with Crippen molar-refractivity contribution in [2.24, 2.45) is 5.73 Å². The van der Waals surface area contributed by atoms with Crippen LogP contribution < -0.4 is 10.9 Å². The first-order chi connectivity index (χ1) is 13.4. The zero-order valence-corrected chi connectivity index (χ0v) is 18.5. The van der Waals surface area contributed by atoms with Crippen LogP contribution in [-0.2, 0) is 12.8 Å². The Morgan fingerprint density at radius 1 is 0.857 bits per heavy atom. The van der Waals surface area contributed by atoms with Gasteiger partial charge in [-0.25, -0.2) is 0 Å². The van der Waals surface area contributed by atoms with E-state index in [2.05, 4.69) is 68.1 Å². The monoisotopic (exact) mass is 399 g/mol. The first kappa shape index (κ1) is 22.8. The summed E-state index contributed by atoms with van der Waals surface area (Å²) in [6, 6.07) is 22.5. The van der Waals surface area contributed by atoms with Gasteiger partial charge in [0.2, 0.25) is 0 Å². The van der Waals surface area contributed by atoms with Gasteiger partial charge in [-0.1, -0.05) is 91.8 Å². The Morgan fingerprint density at radius 3 is 1.96 bits per heavy atom. The molecular formula is C24H37NO2Si. The van der Waals surface area contributed by atoms with Crippen LogP contribution >= 0.6 is 0 Å². The molecule has 3 nitrogen and oxygen atoms in total. The Bertz CT molecular complexity index is 686. The minimum atomic E-state index is -1.34. The fourth-order valence-corrected chi connectivity index (χ4v) is 6.76. The van der Waals surface area contributed by atoms with Crippen LogP contribution in [-0.4, -0.2) is 37.0 Å². The third-order valence-corrected chi connectivity index (χ3v) is 11.0. The van der Waals surface area contributed by atoms with Crippen LogP contribution in [0.15, 0.2) is 54.6 Å². The van der Waals surface area contributed by atoms with E-state index in [4.69, 9.17) is 5.73 Å². The molecule has 154 valence electrons. The molecule has 4 heteroatoms. The van der Waals surface area contributed by atoms with E-state index in [1.165, 1.54) is 36.1 Å². The number of rotatable bonds is 12. The number of nitrogens with two attached hydrogens (primary N) is 1. The number of aryl methyl sites for hydroxylation is 2. The molecule has 0 aliphatic rings. The van der Waals surface area contributed by atoms with Crippen LogP contribution in [0.25, 0.3) is 0 Å². The van der Waals surface area contributed by atoms with Gasteiger partial charge in [0.25, 0.3) is 0 Å². The number of aliphatic hydroxyl groups excluding tert-OH is 2. The second kappa shape index (κ2) is 10.9. The van der Waals surface area contributed by atoms with Crippen LogP contribution in [0, 0.1) is 0 Å². The molecule has 0 spiro atoms. The summed E-state index contributed by atoms with van der Waals surface area (Å²) >= 11 is 0. The lowest BCUT2D eigenvalue weighted by atomic mass is 9.93. The van der Waals surface area contributed by atoms with E-state index in [9.17, 15) is 10.2 Å². The molecular weight excluding hydrogens is 362 g/mol. The molecule has 28 heavy (non-hydrogen) atoms. The third-order valence-electron chi connectivity index (χ3n) is 6.26. The van der Waals surface area contributed by atoms with Crippen LogP contribution in [0.3, 0.4) is 0 Å². The first-order valence-corrected chi connectivity index (χ1v) is 13.5. The van der Waals surface area contributed by atoms with Gasteiger partial charge < -0.3 is 15.9 Å². The van der Waals surface area contributed by atoms with E-state index in [-0.39, 0.29) is 13.2 Å². The highest BCUT2D eigenvalue weighted by molar-refractivity contribution is 6.90. The lowest BCUT2D eigenvalue weighted by Crippen LogP contribution is -2.47. The lowest BCUT2D eigenvalue weighted by molar-refractivity contribution is 0.115. The summed E-state index contributed by atoms with van der Waals surface area (Å²) < 4.78 is 0. The summed E-state index contributed by atoms with van der Waals surface area (Å²) in [6.07, 6.45) is 5.00. The second-order valence-electron chi connectivity index (χ2n) is 8.48. The summed E-state index contributed by atoms with van der Waals surface area (Å²) in [6.45, 7) is 4.49. The van der Waals surface area contributed by atoms with Crippen molar-refractivity contribution < 1.29 is 10.2 Å². The number of hydrogen-bond acceptors (Lipinski definition) is 3. The van der Waals surface area contributed by atoms with Gasteiger partial charge in [-0.05, 0) is 36.8 Å². The Labute approximate surface area is 171 Å². The van der Waals surface area contributed by atoms with Gasteiger partial charge in [-0.15, -0.1) is 0 Å². The van der Waals surface area contributed by atoms with E-state index >= 15 is 0 Å². The van der Waals surface area contributed by atoms with E-state index < -0.39 is 13.6 Å². The van der Waals surface area contributed by atoms with Gasteiger partial charge in [0, 0.05) is 0 Å². The third kappa shape index (κ3) is 6.56. The number of aliphatic hydroxyl groups is 2. The maximum Gasteiger partial charge on any atom is 0.0834 e. The van der Waals surface area contributed by atoms with Gasteiger partial charge in [0.15, 0.2) is 0 Å². The maximum absolute atomic E-state index is 9.29. The van der Waals surface area contributed by atoms with Crippen LogP contribution in [0.1, 0.15) is 37.3 Å². The minimum Gasteiger partial charge on any atom is -0.394 e. The van der Waals surface area contributed by atoms with Crippen LogP contribution in [0.5, 0.6) is 0 Å². The van der Waals surface area contributed by atoms with Gasteiger partial charge in [0.05, 0.1) is 26.8 Å². The molecule has 0 heterocycles. The van der Waals surface area contributed by atoms with Crippen molar-refractivity contribution in [2.45, 2.75) is 63.2 Å². The Kier molecular flexibility index (Phi) is 8.89. The molecule has 1 unspecified atom stereocenters. The summed E-state index contributed by atoms with van der Waals surface area (Å²) in [5, 5.41) is 20.2. The summed E-state index contributed by atoms with van der Waals surface area (Å²) in [4.78, 5) is 0. The molecule has 0 aromatic heterocycles. The fourth-order valence-electron chi connectivity index (χ4n) is 3.68. The molecule has 0 saturated carbocycles. The van der Waals surface area contributed by atoms with Crippen molar-refractivity contribution >= 4 is 13.3 Å². The van der Waals surface area contributed by atoms with Gasteiger partial charge in [-0.3, -0.25) is 0 Å². The van der Waals surface area contributed by atoms with Crippen LogP contribution in [0.4, 0.5) is 0 Å². The van der Waals surface area contributed by atoms with E-state index in [0.29, 0.717) is 6.42 Å². The predicted molar refractivity (Wildman–Crippen MR) is 122 cm³/mol. The molecule has 0 saturated heterocycles. The Hall–Kier alpha value is -1.46. The highest BCUT2D eigenvalue weighted by Crippen LogP contribution is 2.20. The molecule has 2 aromatic carbocycles. The predicted octanol–water partition coefficient (Wildman–Crippen LogP) is 3.63. The van der Waals surface area contributed by atoms with E-state index in [0.717, 1.165) is 12.8 Å². The fraction of sp³-hybridized carbons (Fsp3) is 0.500. The molecule has 0 aliphatic carbocycles. The Morgan fingerprint density at radius 2 is 1.43 bits per heavy atom. The molecule has 0 radical (unpaired) electrons. The molecule has 0 amide bonds. The lowest BCUT2D eigenvalue weighted by Gasteiger charge is -2.26. The molecule has 2 aromatic rings. The van der Waals surface area contributed by atoms with E-state index in [1.807, 2.05) is 0 Å². The SMILES string of the molecule is CC[Si](C)(CCCCc1ccc(CCC(N)(CO)CO)cc1)c1ccccc1. The number of benzene rings is 2. The molecule has 0 fully saturated rings. The molecule has 1 atom stereocenters. The molecule has 4 N–H and O–H groups in total. The second-order valence-corrected chi connectivity index (χ2v) is 13.4. The highest BCUT2D eigenvalue weighted by Gasteiger charge is 2.26. The highest BCUT2D eigenvalue weighted by atomic mass is 28.3. The van der Waals surface area contributed by atoms with Crippen molar-refractivity contribution in [3.8, 4) is 0 Å². The quantitative estimate of drug-likeness (QED) is 0.377. The van der Waals surface area contributed by atoms with Crippen molar-refractivity contribution in [1.82, 2.24) is 0 Å².